The lowest BCUT2D eigenvalue weighted by molar-refractivity contribution is -0.137. The molecule has 34 heavy (non-hydrogen) atoms. The number of hydrogen-bond acceptors (Lipinski definition) is 4. The lowest BCUT2D eigenvalue weighted by atomic mass is 10.1. The molecule has 1 aromatic heterocycles. The Morgan fingerprint density at radius 3 is 2.38 bits per heavy atom. The predicted molar refractivity (Wildman–Crippen MR) is 124 cm³/mol. The number of aryl methyl sites for hydroxylation is 1. The summed E-state index contributed by atoms with van der Waals surface area (Å²) < 4.78 is 40.5. The molecule has 0 unspecified atom stereocenters. The second-order valence-corrected chi connectivity index (χ2v) is 7.92. The van der Waals surface area contributed by atoms with E-state index in [9.17, 15) is 22.8 Å². The number of aromatic nitrogens is 2. The number of hydrogen-bond donors (Lipinski definition) is 1. The molecule has 3 aromatic rings. The van der Waals surface area contributed by atoms with E-state index in [1.165, 1.54) is 25.1 Å². The number of halogens is 3. The Bertz CT molecular complexity index is 1220. The van der Waals surface area contributed by atoms with Crippen LogP contribution in [0.1, 0.15) is 46.7 Å². The maximum atomic E-state index is 13.1. The van der Waals surface area contributed by atoms with E-state index in [2.05, 4.69) is 29.2 Å². The monoisotopic (exact) mass is 472 g/mol. The number of benzene rings is 2. The lowest BCUT2D eigenvalue weighted by Crippen LogP contribution is -2.31. The normalized spacial score (nSPS) is 11.6. The van der Waals surface area contributed by atoms with Crippen molar-refractivity contribution in [2.24, 2.45) is 0 Å². The fraction of sp³-hybridized carbons (Fsp3) is 0.320. The SMILES string of the molecule is CCN(CC)Cc1cccc(CNC(=O)c2nn(-c3cccc(C(F)(F)F)c3)c(C)cc2=O)c1. The van der Waals surface area contributed by atoms with Crippen molar-refractivity contribution in [2.75, 3.05) is 13.1 Å². The molecule has 6 nitrogen and oxygen atoms in total. The van der Waals surface area contributed by atoms with Gasteiger partial charge in [-0.3, -0.25) is 14.5 Å². The first-order valence-corrected chi connectivity index (χ1v) is 11.0. The van der Waals surface area contributed by atoms with Gasteiger partial charge in [-0.2, -0.15) is 18.3 Å². The Labute approximate surface area is 196 Å². The summed E-state index contributed by atoms with van der Waals surface area (Å²) in [7, 11) is 0. The molecule has 0 saturated carbocycles. The average molecular weight is 473 g/mol. The number of amides is 1. The van der Waals surface area contributed by atoms with Crippen LogP contribution in [0.5, 0.6) is 0 Å². The van der Waals surface area contributed by atoms with Crippen LogP contribution >= 0.6 is 0 Å². The van der Waals surface area contributed by atoms with Crippen molar-refractivity contribution in [3.8, 4) is 5.69 Å². The van der Waals surface area contributed by atoms with Crippen molar-refractivity contribution >= 4 is 5.91 Å². The minimum absolute atomic E-state index is 0.102. The summed E-state index contributed by atoms with van der Waals surface area (Å²) in [5.74, 6) is -0.695. The van der Waals surface area contributed by atoms with E-state index in [1.807, 2.05) is 24.3 Å². The summed E-state index contributed by atoms with van der Waals surface area (Å²) in [4.78, 5) is 27.4. The quantitative estimate of drug-likeness (QED) is 0.530. The van der Waals surface area contributed by atoms with E-state index in [0.29, 0.717) is 5.69 Å². The zero-order valence-electron chi connectivity index (χ0n) is 19.3. The highest BCUT2D eigenvalue weighted by Gasteiger charge is 2.30. The van der Waals surface area contributed by atoms with Crippen molar-refractivity contribution in [3.05, 3.63) is 92.9 Å². The van der Waals surface area contributed by atoms with Crippen LogP contribution in [0.4, 0.5) is 13.2 Å². The molecule has 0 saturated heterocycles. The van der Waals surface area contributed by atoms with Crippen LogP contribution in [0.2, 0.25) is 0 Å². The molecule has 3 rings (SSSR count). The summed E-state index contributed by atoms with van der Waals surface area (Å²) in [5, 5.41) is 6.76. The zero-order chi connectivity index (χ0) is 24.9. The van der Waals surface area contributed by atoms with Crippen molar-refractivity contribution < 1.29 is 18.0 Å². The zero-order valence-corrected chi connectivity index (χ0v) is 19.3. The number of alkyl halides is 3. The van der Waals surface area contributed by atoms with Crippen LogP contribution in [0.3, 0.4) is 0 Å². The van der Waals surface area contributed by atoms with Crippen LogP contribution in [0.25, 0.3) is 5.69 Å². The molecular weight excluding hydrogens is 445 g/mol. The molecule has 2 aromatic carbocycles. The maximum absolute atomic E-state index is 13.1. The first-order chi connectivity index (χ1) is 16.1. The van der Waals surface area contributed by atoms with E-state index in [-0.39, 0.29) is 17.9 Å². The highest BCUT2D eigenvalue weighted by Crippen LogP contribution is 2.30. The summed E-state index contributed by atoms with van der Waals surface area (Å²) in [6.45, 7) is 8.54. The van der Waals surface area contributed by atoms with Gasteiger partial charge in [0.05, 0.1) is 11.3 Å². The Morgan fingerprint density at radius 2 is 1.71 bits per heavy atom. The van der Waals surface area contributed by atoms with Crippen molar-refractivity contribution in [1.82, 2.24) is 20.0 Å². The van der Waals surface area contributed by atoms with E-state index in [0.717, 1.165) is 47.6 Å². The van der Waals surface area contributed by atoms with Crippen LogP contribution in [0.15, 0.2) is 59.4 Å². The second-order valence-electron chi connectivity index (χ2n) is 7.92. The van der Waals surface area contributed by atoms with Crippen LogP contribution in [-0.4, -0.2) is 33.7 Å². The summed E-state index contributed by atoms with van der Waals surface area (Å²) in [6.07, 6.45) is -4.52. The maximum Gasteiger partial charge on any atom is 0.416 e. The van der Waals surface area contributed by atoms with Gasteiger partial charge >= 0.3 is 6.18 Å². The van der Waals surface area contributed by atoms with E-state index >= 15 is 0 Å². The van der Waals surface area contributed by atoms with Crippen molar-refractivity contribution in [2.45, 2.75) is 40.0 Å². The highest BCUT2D eigenvalue weighted by atomic mass is 19.4. The van der Waals surface area contributed by atoms with Crippen molar-refractivity contribution in [1.29, 1.82) is 0 Å². The van der Waals surface area contributed by atoms with Crippen LogP contribution < -0.4 is 10.7 Å². The van der Waals surface area contributed by atoms with Gasteiger partial charge in [-0.1, -0.05) is 44.2 Å². The third-order valence-corrected chi connectivity index (χ3v) is 5.49. The van der Waals surface area contributed by atoms with Crippen LogP contribution in [0, 0.1) is 6.92 Å². The Morgan fingerprint density at radius 1 is 1.03 bits per heavy atom. The molecule has 1 N–H and O–H groups in total. The van der Waals surface area contributed by atoms with Gasteiger partial charge in [-0.05, 0) is 49.3 Å². The largest absolute Gasteiger partial charge is 0.416 e. The van der Waals surface area contributed by atoms with E-state index in [1.54, 1.807) is 0 Å². The minimum atomic E-state index is -4.52. The average Bonchev–Trinajstić information content (AvgIpc) is 2.81. The molecule has 1 amide bonds. The highest BCUT2D eigenvalue weighted by molar-refractivity contribution is 5.92. The van der Waals surface area contributed by atoms with E-state index < -0.39 is 23.1 Å². The number of carbonyl (C=O) groups excluding carboxylic acids is 1. The van der Waals surface area contributed by atoms with E-state index in [4.69, 9.17) is 0 Å². The number of carbonyl (C=O) groups is 1. The molecule has 0 bridgehead atoms. The Hall–Kier alpha value is -3.46. The molecule has 0 radical (unpaired) electrons. The molecule has 1 heterocycles. The minimum Gasteiger partial charge on any atom is -0.346 e. The summed E-state index contributed by atoms with van der Waals surface area (Å²) in [5.41, 5.74) is 0.547. The second kappa shape index (κ2) is 10.6. The lowest BCUT2D eigenvalue weighted by Gasteiger charge is -2.18. The molecule has 0 fully saturated rings. The summed E-state index contributed by atoms with van der Waals surface area (Å²) >= 11 is 0. The van der Waals surface area contributed by atoms with Gasteiger partial charge in [0.2, 0.25) is 5.43 Å². The fourth-order valence-electron chi connectivity index (χ4n) is 3.59. The molecule has 0 aliphatic heterocycles. The molecule has 9 heteroatoms. The molecule has 180 valence electrons. The topological polar surface area (TPSA) is 67.2 Å². The molecule has 0 spiro atoms. The third kappa shape index (κ3) is 6.11. The van der Waals surface area contributed by atoms with Gasteiger partial charge in [0.25, 0.3) is 5.91 Å². The van der Waals surface area contributed by atoms with Gasteiger partial charge in [0.1, 0.15) is 0 Å². The standard InChI is InChI=1S/C25H27F3N4O2/c1-4-31(5-2)16-19-9-6-8-18(13-19)15-29-24(34)23-22(33)12-17(3)32(30-23)21-11-7-10-20(14-21)25(26,27)28/h6-14H,4-5,15-16H2,1-3H3,(H,29,34). The summed E-state index contributed by atoms with van der Waals surface area (Å²) in [6, 6.07) is 13.5. The van der Waals surface area contributed by atoms with Gasteiger partial charge in [0.15, 0.2) is 5.69 Å². The van der Waals surface area contributed by atoms with Gasteiger partial charge < -0.3 is 5.32 Å². The first kappa shape index (κ1) is 25.2. The third-order valence-electron chi connectivity index (χ3n) is 5.49. The van der Waals surface area contributed by atoms with Gasteiger partial charge in [-0.25, -0.2) is 4.68 Å². The number of rotatable bonds is 8. The molecule has 0 aliphatic rings. The molecule has 0 aliphatic carbocycles. The van der Waals surface area contributed by atoms with Crippen LogP contribution in [-0.2, 0) is 19.3 Å². The van der Waals surface area contributed by atoms with Gasteiger partial charge in [-0.15, -0.1) is 0 Å². The molecule has 0 atom stereocenters. The molecular formula is C25H27F3N4O2. The predicted octanol–water partition coefficient (Wildman–Crippen LogP) is 4.33. The smallest absolute Gasteiger partial charge is 0.346 e. The Kier molecular flexibility index (Phi) is 7.88. The van der Waals surface area contributed by atoms with Crippen molar-refractivity contribution in [3.63, 3.8) is 0 Å². The number of nitrogens with one attached hydrogen (secondary N) is 1. The first-order valence-electron chi connectivity index (χ1n) is 11.0. The Balaban J connectivity index is 1.81. The van der Waals surface area contributed by atoms with Gasteiger partial charge in [0, 0.05) is 24.8 Å². The fourth-order valence-corrected chi connectivity index (χ4v) is 3.59. The number of nitrogens with zero attached hydrogens (tertiary/aromatic N) is 3.